The van der Waals surface area contributed by atoms with Crippen LogP contribution in [-0.4, -0.2) is 24.0 Å². The highest BCUT2D eigenvalue weighted by molar-refractivity contribution is 6.32. The first-order chi connectivity index (χ1) is 8.29. The first-order valence-electron chi connectivity index (χ1n) is 5.38. The van der Waals surface area contributed by atoms with Crippen LogP contribution in [0.3, 0.4) is 0 Å². The third-order valence-corrected chi connectivity index (χ3v) is 2.75. The molecule has 1 aromatic rings. The molecule has 0 amide bonds. The van der Waals surface area contributed by atoms with Gasteiger partial charge in [-0.3, -0.25) is 4.79 Å². The Bertz CT molecular complexity index is 480. The van der Waals surface area contributed by atoms with Crippen LogP contribution >= 0.6 is 0 Å². The number of carbonyl (C=O) groups is 2. The Morgan fingerprint density at radius 1 is 1.39 bits per heavy atom. The Hall–Kier alpha value is -1.91. The van der Waals surface area contributed by atoms with Crippen LogP contribution in [0, 0.1) is 5.82 Å². The number of carboxylic acid groups (broad SMARTS) is 1. The fourth-order valence-electron chi connectivity index (χ4n) is 1.76. The van der Waals surface area contributed by atoms with E-state index in [1.165, 1.54) is 19.2 Å². The maximum Gasteiger partial charge on any atom is 0.372 e. The van der Waals surface area contributed by atoms with Gasteiger partial charge >= 0.3 is 5.97 Å². The minimum Gasteiger partial charge on any atom is -0.494 e. The van der Waals surface area contributed by atoms with E-state index in [9.17, 15) is 14.0 Å². The molecule has 0 radical (unpaired) electrons. The molecule has 98 valence electrons. The molecule has 18 heavy (non-hydrogen) atoms. The lowest BCUT2D eigenvalue weighted by atomic mass is 9.79. The molecule has 0 saturated carbocycles. The number of carbonyl (C=O) groups excluding carboxylic acids is 1. The SMILES string of the molecule is COc1cccc(C(C)(C)CC(=O)C(=O)O)c1F. The van der Waals surface area contributed by atoms with Gasteiger partial charge in [0.05, 0.1) is 7.11 Å². The molecule has 5 heteroatoms. The summed E-state index contributed by atoms with van der Waals surface area (Å²) < 4.78 is 18.9. The summed E-state index contributed by atoms with van der Waals surface area (Å²) in [6.07, 6.45) is -0.271. The van der Waals surface area contributed by atoms with Crippen LogP contribution in [0.25, 0.3) is 0 Å². The zero-order valence-electron chi connectivity index (χ0n) is 10.5. The van der Waals surface area contributed by atoms with Gasteiger partial charge in [0, 0.05) is 11.8 Å². The molecule has 0 aliphatic rings. The average Bonchev–Trinajstić information content (AvgIpc) is 2.28. The lowest BCUT2D eigenvalue weighted by Gasteiger charge is -2.24. The van der Waals surface area contributed by atoms with Crippen molar-refractivity contribution < 1.29 is 23.8 Å². The van der Waals surface area contributed by atoms with E-state index in [4.69, 9.17) is 9.84 Å². The highest BCUT2D eigenvalue weighted by Crippen LogP contribution is 2.33. The van der Waals surface area contributed by atoms with Crippen LogP contribution in [0.2, 0.25) is 0 Å². The molecule has 0 fully saturated rings. The normalized spacial score (nSPS) is 11.1. The van der Waals surface area contributed by atoms with Gasteiger partial charge in [0.1, 0.15) is 0 Å². The van der Waals surface area contributed by atoms with Gasteiger partial charge in [-0.05, 0) is 11.6 Å². The third-order valence-electron chi connectivity index (χ3n) is 2.75. The summed E-state index contributed by atoms with van der Waals surface area (Å²) >= 11 is 0. The first-order valence-corrected chi connectivity index (χ1v) is 5.38. The first kappa shape index (κ1) is 14.2. The summed E-state index contributed by atoms with van der Waals surface area (Å²) in [4.78, 5) is 21.8. The second kappa shape index (κ2) is 5.16. The predicted octanol–water partition coefficient (Wildman–Crippen LogP) is 2.16. The Morgan fingerprint density at radius 2 is 2.00 bits per heavy atom. The fraction of sp³-hybridized carbons (Fsp3) is 0.385. The van der Waals surface area contributed by atoms with E-state index in [1.807, 2.05) is 0 Å². The van der Waals surface area contributed by atoms with Gasteiger partial charge in [-0.1, -0.05) is 26.0 Å². The van der Waals surface area contributed by atoms with Crippen molar-refractivity contribution in [3.05, 3.63) is 29.6 Å². The average molecular weight is 254 g/mol. The molecule has 0 aliphatic carbocycles. The van der Waals surface area contributed by atoms with Crippen molar-refractivity contribution in [2.45, 2.75) is 25.7 Å². The van der Waals surface area contributed by atoms with Crippen molar-refractivity contribution in [1.82, 2.24) is 0 Å². The molecule has 0 heterocycles. The number of benzene rings is 1. The Labute approximate surface area is 104 Å². The molecule has 0 bridgehead atoms. The molecule has 0 spiro atoms. The molecule has 1 aromatic carbocycles. The molecule has 0 atom stereocenters. The van der Waals surface area contributed by atoms with E-state index in [-0.39, 0.29) is 17.7 Å². The second-order valence-electron chi connectivity index (χ2n) is 4.61. The van der Waals surface area contributed by atoms with Gasteiger partial charge in [-0.15, -0.1) is 0 Å². The molecular formula is C13H15FO4. The molecule has 0 aromatic heterocycles. The number of rotatable bonds is 5. The van der Waals surface area contributed by atoms with Gasteiger partial charge in [0.15, 0.2) is 11.6 Å². The van der Waals surface area contributed by atoms with Gasteiger partial charge in [0.25, 0.3) is 0 Å². The number of methoxy groups -OCH3 is 1. The Balaban J connectivity index is 3.12. The molecule has 1 N–H and O–H groups in total. The van der Waals surface area contributed by atoms with Gasteiger partial charge in [0.2, 0.25) is 5.78 Å². The molecule has 1 rings (SSSR count). The van der Waals surface area contributed by atoms with Crippen molar-refractivity contribution in [2.75, 3.05) is 7.11 Å². The number of Topliss-reactive ketones (excluding diaryl/α,β-unsaturated/α-hetero) is 1. The highest BCUT2D eigenvalue weighted by atomic mass is 19.1. The van der Waals surface area contributed by atoms with Crippen LogP contribution in [0.1, 0.15) is 25.8 Å². The monoisotopic (exact) mass is 254 g/mol. The van der Waals surface area contributed by atoms with Crippen LogP contribution < -0.4 is 4.74 Å². The maximum atomic E-state index is 14.0. The minimum absolute atomic E-state index is 0.0725. The van der Waals surface area contributed by atoms with E-state index in [0.29, 0.717) is 0 Å². The third kappa shape index (κ3) is 2.85. The lowest BCUT2D eigenvalue weighted by Crippen LogP contribution is -2.27. The van der Waals surface area contributed by atoms with E-state index < -0.39 is 23.0 Å². The van der Waals surface area contributed by atoms with Crippen LogP contribution in [0.15, 0.2) is 18.2 Å². The molecule has 4 nitrogen and oxygen atoms in total. The largest absolute Gasteiger partial charge is 0.494 e. The topological polar surface area (TPSA) is 63.6 Å². The highest BCUT2D eigenvalue weighted by Gasteiger charge is 2.30. The van der Waals surface area contributed by atoms with Crippen molar-refractivity contribution in [1.29, 1.82) is 0 Å². The molecular weight excluding hydrogens is 239 g/mol. The smallest absolute Gasteiger partial charge is 0.372 e. The number of hydrogen-bond donors (Lipinski definition) is 1. The summed E-state index contributed by atoms with van der Waals surface area (Å²) in [5.74, 6) is -2.94. The summed E-state index contributed by atoms with van der Waals surface area (Å²) in [6, 6.07) is 4.59. The van der Waals surface area contributed by atoms with Gasteiger partial charge < -0.3 is 9.84 Å². The van der Waals surface area contributed by atoms with Crippen LogP contribution in [0.4, 0.5) is 4.39 Å². The second-order valence-corrected chi connectivity index (χ2v) is 4.61. The van der Waals surface area contributed by atoms with E-state index in [0.717, 1.165) is 0 Å². The number of hydrogen-bond acceptors (Lipinski definition) is 3. The lowest BCUT2D eigenvalue weighted by molar-refractivity contribution is -0.149. The number of carboxylic acids is 1. The quantitative estimate of drug-likeness (QED) is 0.818. The summed E-state index contributed by atoms with van der Waals surface area (Å²) in [6.45, 7) is 3.23. The van der Waals surface area contributed by atoms with Crippen molar-refractivity contribution in [3.63, 3.8) is 0 Å². The standard InChI is InChI=1S/C13H15FO4/c1-13(2,7-9(15)12(16)17)8-5-4-6-10(18-3)11(8)14/h4-6H,7H2,1-3H3,(H,16,17). The van der Waals surface area contributed by atoms with E-state index in [2.05, 4.69) is 0 Å². The van der Waals surface area contributed by atoms with Gasteiger partial charge in [-0.25, -0.2) is 9.18 Å². The summed E-state index contributed by atoms with van der Waals surface area (Å²) in [5, 5.41) is 8.59. The predicted molar refractivity (Wildman–Crippen MR) is 63.2 cm³/mol. The van der Waals surface area contributed by atoms with Gasteiger partial charge in [-0.2, -0.15) is 0 Å². The number of aliphatic carboxylic acids is 1. The van der Waals surface area contributed by atoms with Crippen molar-refractivity contribution in [3.8, 4) is 5.75 Å². The zero-order valence-corrected chi connectivity index (χ0v) is 10.5. The minimum atomic E-state index is -1.51. The molecule has 0 aliphatic heterocycles. The Kier molecular flexibility index (Phi) is 4.06. The maximum absolute atomic E-state index is 14.0. The Morgan fingerprint density at radius 3 is 2.50 bits per heavy atom. The fourth-order valence-corrected chi connectivity index (χ4v) is 1.76. The zero-order chi connectivity index (χ0) is 13.9. The number of ether oxygens (including phenoxy) is 1. The number of halogens is 1. The van der Waals surface area contributed by atoms with Crippen LogP contribution in [-0.2, 0) is 15.0 Å². The number of ketones is 1. The van der Waals surface area contributed by atoms with E-state index in [1.54, 1.807) is 19.9 Å². The summed E-state index contributed by atoms with van der Waals surface area (Å²) in [5.41, 5.74) is -0.648. The summed E-state index contributed by atoms with van der Waals surface area (Å²) in [7, 11) is 1.34. The van der Waals surface area contributed by atoms with Crippen LogP contribution in [0.5, 0.6) is 5.75 Å². The molecule has 0 unspecified atom stereocenters. The van der Waals surface area contributed by atoms with E-state index >= 15 is 0 Å². The molecule has 0 saturated heterocycles. The van der Waals surface area contributed by atoms with Crippen molar-refractivity contribution in [2.24, 2.45) is 0 Å². The van der Waals surface area contributed by atoms with Crippen molar-refractivity contribution >= 4 is 11.8 Å².